The summed E-state index contributed by atoms with van der Waals surface area (Å²) in [5.74, 6) is -0.683. The molecule has 6 nitrogen and oxygen atoms in total. The highest BCUT2D eigenvalue weighted by atomic mass is 35.5. The highest BCUT2D eigenvalue weighted by Gasteiger charge is 2.22. The summed E-state index contributed by atoms with van der Waals surface area (Å²) in [6, 6.07) is 1.54. The number of amides is 2. The first-order chi connectivity index (χ1) is 9.08. The highest BCUT2D eigenvalue weighted by molar-refractivity contribution is 6.31. The summed E-state index contributed by atoms with van der Waals surface area (Å²) in [5, 5.41) is 0.475. The summed E-state index contributed by atoms with van der Waals surface area (Å²) in [6.45, 7) is 1.17. The molecule has 0 radical (unpaired) electrons. The molecule has 2 heterocycles. The van der Waals surface area contributed by atoms with Crippen molar-refractivity contribution in [3.8, 4) is 0 Å². The third kappa shape index (κ3) is 3.48. The Morgan fingerprint density at radius 3 is 2.63 bits per heavy atom. The topological polar surface area (TPSA) is 72.4 Å². The molecule has 1 aliphatic rings. The van der Waals surface area contributed by atoms with Crippen molar-refractivity contribution in [1.29, 1.82) is 0 Å². The Morgan fingerprint density at radius 2 is 2.05 bits per heavy atom. The molecule has 0 aromatic carbocycles. The number of rotatable bonds is 2. The normalized spacial score (nSPS) is 16.1. The molecule has 2 rings (SSSR count). The van der Waals surface area contributed by atoms with E-state index in [0.717, 1.165) is 0 Å². The van der Waals surface area contributed by atoms with Crippen LogP contribution in [-0.4, -0.2) is 29.6 Å². The Bertz CT molecular complexity index is 481. The molecule has 1 aromatic rings. The first-order valence-corrected chi connectivity index (χ1v) is 6.45. The van der Waals surface area contributed by atoms with Crippen molar-refractivity contribution < 1.29 is 14.3 Å². The van der Waals surface area contributed by atoms with Crippen molar-refractivity contribution in [1.82, 2.24) is 15.4 Å². The van der Waals surface area contributed by atoms with Crippen LogP contribution in [0.4, 0.5) is 0 Å². The third-order valence-corrected chi connectivity index (χ3v) is 3.30. The smallest absolute Gasteiger partial charge is 0.286 e. The van der Waals surface area contributed by atoms with Gasteiger partial charge in [0.1, 0.15) is 5.69 Å². The Balaban J connectivity index is 1.86. The summed E-state index contributed by atoms with van der Waals surface area (Å²) < 4.78 is 6.77. The lowest BCUT2D eigenvalue weighted by molar-refractivity contribution is -0.128. The molecular weight excluding hydrogens is 270 g/mol. The molecule has 0 aliphatic carbocycles. The first-order valence-electron chi connectivity index (χ1n) is 6.07. The Kier molecular flexibility index (Phi) is 4.44. The molecule has 0 spiro atoms. The summed E-state index contributed by atoms with van der Waals surface area (Å²) in [6.07, 6.45) is 2.98. The number of hydrazine groups is 1. The van der Waals surface area contributed by atoms with Crippen LogP contribution in [-0.2, 0) is 16.6 Å². The van der Waals surface area contributed by atoms with E-state index < -0.39 is 5.91 Å². The van der Waals surface area contributed by atoms with E-state index in [2.05, 4.69) is 10.9 Å². The molecule has 0 unspecified atom stereocenters. The van der Waals surface area contributed by atoms with Gasteiger partial charge in [-0.15, -0.1) is 0 Å². The molecular formula is C12H16ClN3O3. The number of nitrogens with one attached hydrogen (secondary N) is 2. The first kappa shape index (κ1) is 13.9. The Hall–Kier alpha value is -1.53. The van der Waals surface area contributed by atoms with Gasteiger partial charge in [0.2, 0.25) is 5.91 Å². The molecule has 1 saturated heterocycles. The van der Waals surface area contributed by atoms with Crippen LogP contribution in [0.15, 0.2) is 12.3 Å². The van der Waals surface area contributed by atoms with Gasteiger partial charge in [0.25, 0.3) is 5.91 Å². The van der Waals surface area contributed by atoms with E-state index >= 15 is 0 Å². The fourth-order valence-electron chi connectivity index (χ4n) is 1.99. The van der Waals surface area contributed by atoms with Gasteiger partial charge in [0.15, 0.2) is 0 Å². The number of halogens is 1. The third-order valence-electron chi connectivity index (χ3n) is 3.10. The number of carbonyl (C=O) groups excluding carboxylic acids is 2. The monoisotopic (exact) mass is 285 g/mol. The van der Waals surface area contributed by atoms with Crippen LogP contribution in [0.1, 0.15) is 23.3 Å². The minimum absolute atomic E-state index is 0.106. The van der Waals surface area contributed by atoms with Gasteiger partial charge in [-0.25, -0.2) is 0 Å². The van der Waals surface area contributed by atoms with Crippen molar-refractivity contribution in [2.75, 3.05) is 13.2 Å². The van der Waals surface area contributed by atoms with Gasteiger partial charge in [0, 0.05) is 32.4 Å². The second-order valence-electron chi connectivity index (χ2n) is 4.48. The standard InChI is InChI=1S/C12H16ClN3O3/c1-16-7-9(13)6-10(16)12(18)15-14-11(17)8-2-4-19-5-3-8/h6-8H,2-5H2,1H3,(H,14,17)(H,15,18). The zero-order valence-electron chi connectivity index (χ0n) is 10.6. The van der Waals surface area contributed by atoms with E-state index in [1.165, 1.54) is 6.07 Å². The van der Waals surface area contributed by atoms with Gasteiger partial charge in [-0.2, -0.15) is 0 Å². The van der Waals surface area contributed by atoms with Crippen LogP contribution >= 0.6 is 11.6 Å². The predicted octanol–water partition coefficient (Wildman–Crippen LogP) is 0.866. The second-order valence-corrected chi connectivity index (χ2v) is 4.92. The average Bonchev–Trinajstić information content (AvgIpc) is 2.75. The lowest BCUT2D eigenvalue weighted by Gasteiger charge is -2.21. The van der Waals surface area contributed by atoms with Crippen LogP contribution in [0.25, 0.3) is 0 Å². The van der Waals surface area contributed by atoms with E-state index in [4.69, 9.17) is 16.3 Å². The summed E-state index contributed by atoms with van der Waals surface area (Å²) >= 11 is 5.79. The molecule has 1 fully saturated rings. The fourth-order valence-corrected chi connectivity index (χ4v) is 2.24. The Labute approximate surface area is 116 Å². The van der Waals surface area contributed by atoms with Crippen LogP contribution in [0.5, 0.6) is 0 Å². The molecule has 7 heteroatoms. The lowest BCUT2D eigenvalue weighted by atomic mass is 10.00. The van der Waals surface area contributed by atoms with Crippen molar-refractivity contribution in [3.05, 3.63) is 23.0 Å². The summed E-state index contributed by atoms with van der Waals surface area (Å²) in [4.78, 5) is 23.6. The van der Waals surface area contributed by atoms with Crippen LogP contribution in [0, 0.1) is 5.92 Å². The number of ether oxygens (including phenoxy) is 1. The number of hydrogen-bond donors (Lipinski definition) is 2. The molecule has 104 valence electrons. The highest BCUT2D eigenvalue weighted by Crippen LogP contribution is 2.14. The minimum atomic E-state index is -0.394. The number of aryl methyl sites for hydroxylation is 1. The maximum atomic E-state index is 11.8. The minimum Gasteiger partial charge on any atom is -0.381 e. The Morgan fingerprint density at radius 1 is 1.37 bits per heavy atom. The molecule has 0 atom stereocenters. The van der Waals surface area contributed by atoms with Crippen molar-refractivity contribution in [2.24, 2.45) is 13.0 Å². The van der Waals surface area contributed by atoms with Crippen molar-refractivity contribution in [2.45, 2.75) is 12.8 Å². The largest absolute Gasteiger partial charge is 0.381 e. The molecule has 19 heavy (non-hydrogen) atoms. The van der Waals surface area contributed by atoms with Crippen LogP contribution in [0.2, 0.25) is 5.02 Å². The van der Waals surface area contributed by atoms with Crippen LogP contribution < -0.4 is 10.9 Å². The van der Waals surface area contributed by atoms with Crippen LogP contribution in [0.3, 0.4) is 0 Å². The van der Waals surface area contributed by atoms with Crippen molar-refractivity contribution >= 4 is 23.4 Å². The van der Waals surface area contributed by atoms with Gasteiger partial charge in [-0.1, -0.05) is 11.6 Å². The van der Waals surface area contributed by atoms with E-state index in [1.54, 1.807) is 17.8 Å². The van der Waals surface area contributed by atoms with E-state index in [0.29, 0.717) is 36.8 Å². The number of aromatic nitrogens is 1. The summed E-state index contributed by atoms with van der Waals surface area (Å²) in [7, 11) is 1.71. The zero-order chi connectivity index (χ0) is 13.8. The fraction of sp³-hybridized carbons (Fsp3) is 0.500. The summed E-state index contributed by atoms with van der Waals surface area (Å²) in [5.41, 5.74) is 5.21. The molecule has 1 aromatic heterocycles. The second kappa shape index (κ2) is 6.08. The lowest BCUT2D eigenvalue weighted by Crippen LogP contribution is -2.46. The number of carbonyl (C=O) groups is 2. The molecule has 2 amide bonds. The van der Waals surface area contributed by atoms with Gasteiger partial charge < -0.3 is 9.30 Å². The number of nitrogens with zero attached hydrogens (tertiary/aromatic N) is 1. The maximum absolute atomic E-state index is 11.8. The molecule has 1 aliphatic heterocycles. The average molecular weight is 286 g/mol. The number of hydrogen-bond acceptors (Lipinski definition) is 3. The van der Waals surface area contributed by atoms with Gasteiger partial charge in [0.05, 0.1) is 5.02 Å². The van der Waals surface area contributed by atoms with Gasteiger partial charge >= 0.3 is 0 Å². The molecule has 0 saturated carbocycles. The van der Waals surface area contributed by atoms with Crippen molar-refractivity contribution in [3.63, 3.8) is 0 Å². The molecule has 2 N–H and O–H groups in total. The van der Waals surface area contributed by atoms with E-state index in [1.807, 2.05) is 0 Å². The van der Waals surface area contributed by atoms with Gasteiger partial charge in [-0.3, -0.25) is 20.4 Å². The van der Waals surface area contributed by atoms with E-state index in [-0.39, 0.29) is 11.8 Å². The maximum Gasteiger partial charge on any atom is 0.286 e. The van der Waals surface area contributed by atoms with E-state index in [9.17, 15) is 9.59 Å². The SMILES string of the molecule is Cn1cc(Cl)cc1C(=O)NNC(=O)C1CCOCC1. The van der Waals surface area contributed by atoms with Gasteiger partial charge in [-0.05, 0) is 18.9 Å². The zero-order valence-corrected chi connectivity index (χ0v) is 11.4. The predicted molar refractivity (Wildman–Crippen MR) is 69.6 cm³/mol. The molecule has 0 bridgehead atoms. The quantitative estimate of drug-likeness (QED) is 0.792.